The van der Waals surface area contributed by atoms with Crippen molar-refractivity contribution in [2.75, 3.05) is 19.6 Å². The van der Waals surface area contributed by atoms with Gasteiger partial charge in [-0.2, -0.15) is 4.31 Å². The highest BCUT2D eigenvalue weighted by Crippen LogP contribution is 2.40. The predicted octanol–water partition coefficient (Wildman–Crippen LogP) is 2.42. The van der Waals surface area contributed by atoms with Gasteiger partial charge >= 0.3 is 0 Å². The SMILES string of the molecule is Cc1nc(CN2C[C@@]3(CCN(C(=O)C4CC4)C3)Oc3ccccc3S2(=O)=O)cs1. The Balaban J connectivity index is 1.51. The number of likely N-dealkylation sites (tertiary alicyclic amines) is 1. The Labute approximate surface area is 174 Å². The second-order valence-electron chi connectivity index (χ2n) is 8.15. The summed E-state index contributed by atoms with van der Waals surface area (Å²) in [5.74, 6) is 0.679. The van der Waals surface area contributed by atoms with E-state index in [4.69, 9.17) is 4.74 Å². The molecular weight excluding hydrogens is 410 g/mol. The first-order chi connectivity index (χ1) is 13.9. The Kier molecular flexibility index (Phi) is 4.45. The van der Waals surface area contributed by atoms with Gasteiger partial charge in [-0.1, -0.05) is 12.1 Å². The molecule has 0 N–H and O–H groups in total. The number of aromatic nitrogens is 1. The normalized spacial score (nSPS) is 26.2. The van der Waals surface area contributed by atoms with Gasteiger partial charge in [-0.25, -0.2) is 13.4 Å². The van der Waals surface area contributed by atoms with Crippen LogP contribution in [0.15, 0.2) is 34.5 Å². The van der Waals surface area contributed by atoms with Gasteiger partial charge in [0, 0.05) is 24.3 Å². The Hall–Kier alpha value is -1.97. The molecule has 9 heteroatoms. The molecule has 1 saturated carbocycles. The summed E-state index contributed by atoms with van der Waals surface area (Å²) in [6.07, 6.45) is 2.52. The number of sulfonamides is 1. The topological polar surface area (TPSA) is 79.8 Å². The van der Waals surface area contributed by atoms with Gasteiger partial charge in [-0.05, 0) is 31.9 Å². The van der Waals surface area contributed by atoms with E-state index in [-0.39, 0.29) is 29.8 Å². The monoisotopic (exact) mass is 433 g/mol. The molecule has 0 unspecified atom stereocenters. The second kappa shape index (κ2) is 6.78. The average Bonchev–Trinajstić information content (AvgIpc) is 3.36. The minimum absolute atomic E-state index is 0.140. The molecular formula is C20H23N3O4S2. The number of ether oxygens (including phenoxy) is 1. The van der Waals surface area contributed by atoms with Gasteiger partial charge < -0.3 is 9.64 Å². The molecule has 0 radical (unpaired) electrons. The Bertz CT molecular complexity index is 1060. The lowest BCUT2D eigenvalue weighted by Gasteiger charge is -2.31. The summed E-state index contributed by atoms with van der Waals surface area (Å²) >= 11 is 1.51. The van der Waals surface area contributed by atoms with E-state index >= 15 is 0 Å². The maximum absolute atomic E-state index is 13.5. The van der Waals surface area contributed by atoms with Crippen LogP contribution in [0.5, 0.6) is 5.75 Å². The van der Waals surface area contributed by atoms with Crippen LogP contribution in [0.1, 0.15) is 30.0 Å². The molecule has 1 aliphatic carbocycles. The van der Waals surface area contributed by atoms with Crippen molar-refractivity contribution in [3.8, 4) is 5.75 Å². The number of hydrogen-bond acceptors (Lipinski definition) is 6. The third-order valence-electron chi connectivity index (χ3n) is 5.82. The third kappa shape index (κ3) is 3.45. The lowest BCUT2D eigenvalue weighted by Crippen LogP contribution is -2.49. The maximum Gasteiger partial charge on any atom is 0.247 e. The highest BCUT2D eigenvalue weighted by Gasteiger charge is 2.50. The summed E-state index contributed by atoms with van der Waals surface area (Å²) in [5.41, 5.74) is -0.00975. The molecule has 2 aromatic rings. The van der Waals surface area contributed by atoms with Crippen LogP contribution in [0.4, 0.5) is 0 Å². The van der Waals surface area contributed by atoms with Crippen molar-refractivity contribution in [3.63, 3.8) is 0 Å². The van der Waals surface area contributed by atoms with Crippen LogP contribution in [-0.4, -0.2) is 53.7 Å². The summed E-state index contributed by atoms with van der Waals surface area (Å²) in [4.78, 5) is 19.1. The van der Waals surface area contributed by atoms with Crippen LogP contribution < -0.4 is 4.74 Å². The number of nitrogens with zero attached hydrogens (tertiary/aromatic N) is 3. The van der Waals surface area contributed by atoms with Gasteiger partial charge in [0.25, 0.3) is 0 Å². The minimum Gasteiger partial charge on any atom is -0.483 e. The molecule has 5 rings (SSSR count). The predicted molar refractivity (Wildman–Crippen MR) is 108 cm³/mol. The quantitative estimate of drug-likeness (QED) is 0.743. The fourth-order valence-corrected chi connectivity index (χ4v) is 6.40. The molecule has 154 valence electrons. The Morgan fingerprint density at radius 3 is 2.83 bits per heavy atom. The van der Waals surface area contributed by atoms with Gasteiger partial charge in [0.05, 0.1) is 30.3 Å². The van der Waals surface area contributed by atoms with E-state index in [1.54, 1.807) is 24.3 Å². The van der Waals surface area contributed by atoms with Crippen molar-refractivity contribution in [2.45, 2.75) is 43.2 Å². The average molecular weight is 434 g/mol. The van der Waals surface area contributed by atoms with E-state index in [0.717, 1.165) is 23.5 Å². The number of benzene rings is 1. The van der Waals surface area contributed by atoms with Crippen molar-refractivity contribution >= 4 is 27.3 Å². The lowest BCUT2D eigenvalue weighted by atomic mass is 10.0. The number of amides is 1. The summed E-state index contributed by atoms with van der Waals surface area (Å²) < 4.78 is 34.7. The van der Waals surface area contributed by atoms with Crippen LogP contribution >= 0.6 is 11.3 Å². The molecule has 0 bridgehead atoms. The zero-order chi connectivity index (χ0) is 20.2. The van der Waals surface area contributed by atoms with Crippen molar-refractivity contribution in [1.82, 2.24) is 14.2 Å². The highest BCUT2D eigenvalue weighted by molar-refractivity contribution is 7.89. The molecule has 3 heterocycles. The van der Waals surface area contributed by atoms with E-state index in [1.807, 2.05) is 17.2 Å². The summed E-state index contributed by atoms with van der Waals surface area (Å²) in [5, 5.41) is 2.80. The van der Waals surface area contributed by atoms with E-state index < -0.39 is 15.6 Å². The van der Waals surface area contributed by atoms with Crippen LogP contribution in [0.25, 0.3) is 0 Å². The van der Waals surface area contributed by atoms with E-state index in [1.165, 1.54) is 15.6 Å². The molecule has 1 spiro atoms. The molecule has 3 aliphatic rings. The van der Waals surface area contributed by atoms with E-state index in [0.29, 0.717) is 25.3 Å². The van der Waals surface area contributed by atoms with E-state index in [9.17, 15) is 13.2 Å². The number of rotatable bonds is 3. The van der Waals surface area contributed by atoms with Crippen molar-refractivity contribution in [3.05, 3.63) is 40.3 Å². The zero-order valence-electron chi connectivity index (χ0n) is 16.2. The Morgan fingerprint density at radius 2 is 2.10 bits per heavy atom. The smallest absolute Gasteiger partial charge is 0.247 e. The number of para-hydroxylation sites is 1. The summed E-state index contributed by atoms with van der Waals surface area (Å²) in [6.45, 7) is 3.32. The van der Waals surface area contributed by atoms with Gasteiger partial charge in [0.15, 0.2) is 0 Å². The summed E-state index contributed by atoms with van der Waals surface area (Å²) in [7, 11) is -3.74. The number of thiazole rings is 1. The molecule has 29 heavy (non-hydrogen) atoms. The van der Waals surface area contributed by atoms with Crippen molar-refractivity contribution < 1.29 is 17.9 Å². The maximum atomic E-state index is 13.5. The van der Waals surface area contributed by atoms with Crippen LogP contribution in [0.2, 0.25) is 0 Å². The minimum atomic E-state index is -3.74. The second-order valence-corrected chi connectivity index (χ2v) is 11.1. The number of carbonyl (C=O) groups excluding carboxylic acids is 1. The molecule has 2 aliphatic heterocycles. The molecule has 1 aromatic heterocycles. The molecule has 1 aromatic carbocycles. The van der Waals surface area contributed by atoms with Gasteiger partial charge in [-0.15, -0.1) is 11.3 Å². The first-order valence-corrected chi connectivity index (χ1v) is 12.2. The summed E-state index contributed by atoms with van der Waals surface area (Å²) in [6, 6.07) is 6.78. The van der Waals surface area contributed by atoms with Gasteiger partial charge in [0.2, 0.25) is 15.9 Å². The fraction of sp³-hybridized carbons (Fsp3) is 0.500. The first-order valence-electron chi connectivity index (χ1n) is 9.84. The van der Waals surface area contributed by atoms with Gasteiger partial charge in [-0.3, -0.25) is 4.79 Å². The highest BCUT2D eigenvalue weighted by atomic mass is 32.2. The number of carbonyl (C=O) groups is 1. The van der Waals surface area contributed by atoms with Crippen LogP contribution in [0, 0.1) is 12.8 Å². The zero-order valence-corrected chi connectivity index (χ0v) is 17.8. The third-order valence-corrected chi connectivity index (χ3v) is 8.47. The Morgan fingerprint density at radius 1 is 1.31 bits per heavy atom. The first kappa shape index (κ1) is 19.0. The largest absolute Gasteiger partial charge is 0.483 e. The molecule has 1 saturated heterocycles. The number of aryl methyl sites for hydroxylation is 1. The van der Waals surface area contributed by atoms with Crippen molar-refractivity contribution in [1.29, 1.82) is 0 Å². The van der Waals surface area contributed by atoms with Crippen molar-refractivity contribution in [2.24, 2.45) is 5.92 Å². The number of hydrogen-bond donors (Lipinski definition) is 0. The fourth-order valence-electron chi connectivity index (χ4n) is 4.19. The van der Waals surface area contributed by atoms with Gasteiger partial charge in [0.1, 0.15) is 16.2 Å². The molecule has 1 atom stereocenters. The number of fused-ring (bicyclic) bond motifs is 1. The molecule has 7 nitrogen and oxygen atoms in total. The lowest BCUT2D eigenvalue weighted by molar-refractivity contribution is -0.132. The van der Waals surface area contributed by atoms with Crippen LogP contribution in [0.3, 0.4) is 0 Å². The molecule has 2 fully saturated rings. The van der Waals surface area contributed by atoms with E-state index in [2.05, 4.69) is 4.98 Å². The standard InChI is InChI=1S/C20H23N3O4S2/c1-14-21-16(11-28-14)10-23-13-20(8-9-22(12-20)19(24)15-6-7-15)27-17-4-2-3-5-18(17)29(23,25)26/h2-5,11,15H,6-10,12-13H2,1H3/t20-/m0/s1. The van der Waals surface area contributed by atoms with Crippen LogP contribution in [-0.2, 0) is 21.4 Å². The molecule has 1 amide bonds.